The normalized spacial score (nSPS) is 11.5. The van der Waals surface area contributed by atoms with Crippen LogP contribution in [-0.4, -0.2) is 51.8 Å². The van der Waals surface area contributed by atoms with Crippen LogP contribution in [0.2, 0.25) is 0 Å². The summed E-state index contributed by atoms with van der Waals surface area (Å²) in [5.41, 5.74) is 6.12. The van der Waals surface area contributed by atoms with E-state index in [1.807, 2.05) is 0 Å². The van der Waals surface area contributed by atoms with Gasteiger partial charge in [0, 0.05) is 13.1 Å². The van der Waals surface area contributed by atoms with Gasteiger partial charge in [-0.1, -0.05) is 31.3 Å². The van der Waals surface area contributed by atoms with Gasteiger partial charge in [-0.05, 0) is 57.3 Å². The minimum atomic E-state index is -0.797. The maximum Gasteiger partial charge on any atom is 0.446 e. The molecule has 1 amide bonds. The fourth-order valence-electron chi connectivity index (χ4n) is 3.06. The number of hydrogen-bond donors (Lipinski definition) is 3. The third-order valence-electron chi connectivity index (χ3n) is 4.84. The summed E-state index contributed by atoms with van der Waals surface area (Å²) in [6.45, 7) is 3.11. The Balaban J connectivity index is 1.52. The van der Waals surface area contributed by atoms with Crippen LogP contribution in [0, 0.1) is 5.82 Å². The first-order chi connectivity index (χ1) is 17.4. The number of nitrogens with zero attached hydrogens (tertiary/aromatic N) is 5. The minimum Gasteiger partial charge on any atom is -0.449 e. The van der Waals surface area contributed by atoms with Crippen molar-refractivity contribution in [1.82, 2.24) is 25.4 Å². The maximum absolute atomic E-state index is 13.6. The number of aliphatic imine (C=N–C) groups is 1. The number of amides is 1. The van der Waals surface area contributed by atoms with Crippen molar-refractivity contribution in [1.29, 1.82) is 0 Å². The second-order valence-electron chi connectivity index (χ2n) is 7.54. The van der Waals surface area contributed by atoms with Gasteiger partial charge in [-0.3, -0.25) is 14.8 Å². The van der Waals surface area contributed by atoms with Crippen LogP contribution in [0.4, 0.5) is 15.0 Å². The van der Waals surface area contributed by atoms with E-state index >= 15 is 0 Å². The first-order valence-electron chi connectivity index (χ1n) is 11.2. The van der Waals surface area contributed by atoms with Gasteiger partial charge in [0.15, 0.2) is 11.7 Å². The predicted molar refractivity (Wildman–Crippen MR) is 131 cm³/mol. The molecule has 0 aliphatic carbocycles. The molecule has 194 valence electrons. The van der Waals surface area contributed by atoms with Gasteiger partial charge < -0.3 is 15.8 Å². The Hall–Kier alpha value is -3.75. The van der Waals surface area contributed by atoms with Gasteiger partial charge in [-0.2, -0.15) is 0 Å². The van der Waals surface area contributed by atoms with E-state index in [1.54, 1.807) is 0 Å². The number of anilines is 1. The number of aromatic nitrogens is 4. The van der Waals surface area contributed by atoms with Crippen LogP contribution < -0.4 is 22.1 Å². The summed E-state index contributed by atoms with van der Waals surface area (Å²) in [7, 11) is 0. The fraction of sp³-hybridized carbons (Fsp3) is 0.429. The van der Waals surface area contributed by atoms with Crippen LogP contribution in [-0.2, 0) is 4.74 Å². The van der Waals surface area contributed by atoms with Gasteiger partial charge in [0.25, 0.3) is 0 Å². The van der Waals surface area contributed by atoms with Crippen molar-refractivity contribution in [2.45, 2.75) is 39.0 Å². The zero-order valence-corrected chi connectivity index (χ0v) is 21.1. The van der Waals surface area contributed by atoms with Crippen LogP contribution in [0.25, 0.3) is 17.2 Å². The molecule has 0 fully saturated rings. The van der Waals surface area contributed by atoms with Crippen molar-refractivity contribution in [2.75, 3.05) is 25.0 Å². The molecule has 0 bridgehead atoms. The fourth-order valence-corrected chi connectivity index (χ4v) is 3.43. The summed E-state index contributed by atoms with van der Waals surface area (Å²) in [6.07, 6.45) is 3.87. The molecule has 4 N–H and O–H groups in total. The van der Waals surface area contributed by atoms with Crippen molar-refractivity contribution in [3.63, 3.8) is 0 Å². The quantitative estimate of drug-likeness (QED) is 0.167. The Morgan fingerprint density at radius 1 is 1.25 bits per heavy atom. The zero-order valence-electron chi connectivity index (χ0n) is 19.5. The molecule has 1 aromatic carbocycles. The monoisotopic (exact) mass is 568 g/mol. The smallest absolute Gasteiger partial charge is 0.446 e. The lowest BCUT2D eigenvalue weighted by Gasteiger charge is -2.07. The highest BCUT2D eigenvalue weighted by molar-refractivity contribution is 9.10. The number of halogens is 2. The molecule has 3 aromatic rings. The molecule has 0 atom stereocenters. The first-order valence-corrected chi connectivity index (χ1v) is 12.0. The summed E-state index contributed by atoms with van der Waals surface area (Å²) in [6, 6.07) is 3.98. The van der Waals surface area contributed by atoms with Crippen molar-refractivity contribution < 1.29 is 23.1 Å². The highest BCUT2D eigenvalue weighted by atomic mass is 79.9. The van der Waals surface area contributed by atoms with Crippen molar-refractivity contribution in [3.05, 3.63) is 39.0 Å². The predicted octanol–water partition coefficient (Wildman–Crippen LogP) is 3.20. The summed E-state index contributed by atoms with van der Waals surface area (Å²) < 4.78 is 29.5. The average molecular weight is 569 g/mol. The number of hydrogen-bond acceptors (Lipinski definition) is 10. The van der Waals surface area contributed by atoms with E-state index < -0.39 is 17.7 Å². The van der Waals surface area contributed by atoms with E-state index in [9.17, 15) is 14.0 Å². The molecule has 0 unspecified atom stereocenters. The summed E-state index contributed by atoms with van der Waals surface area (Å²) in [5.74, 6) is -1.11. The number of nitrogens with one attached hydrogen (secondary N) is 2. The number of benzene rings is 1. The number of rotatable bonds is 12. The minimum absolute atomic E-state index is 0.0157. The number of unbranched alkanes of at least 4 members (excludes halogenated alkanes) is 3. The van der Waals surface area contributed by atoms with Gasteiger partial charge >= 0.3 is 11.8 Å². The van der Waals surface area contributed by atoms with Crippen LogP contribution >= 0.6 is 15.9 Å². The van der Waals surface area contributed by atoms with Gasteiger partial charge in [0.1, 0.15) is 5.82 Å². The maximum atomic E-state index is 13.6. The SMILES string of the molecule is CCCCCCOC(=O)NC(N)=NCCCNc1nonc1-c1noc(=O)n1-c1ccc(F)c(Br)c1. The van der Waals surface area contributed by atoms with E-state index in [2.05, 4.69) is 53.9 Å². The molecule has 36 heavy (non-hydrogen) atoms. The molecule has 0 spiro atoms. The molecule has 2 heterocycles. The highest BCUT2D eigenvalue weighted by Gasteiger charge is 2.23. The Labute approximate surface area is 213 Å². The number of carbonyl (C=O) groups excluding carboxylic acids is 1. The third kappa shape index (κ3) is 7.37. The first kappa shape index (κ1) is 26.8. The average Bonchev–Trinajstić information content (AvgIpc) is 3.46. The molecule has 0 saturated carbocycles. The molecule has 13 nitrogen and oxygen atoms in total. The number of nitrogens with two attached hydrogens (primary N) is 1. The van der Waals surface area contributed by atoms with E-state index in [0.29, 0.717) is 31.8 Å². The van der Waals surface area contributed by atoms with E-state index in [1.165, 1.54) is 18.2 Å². The summed E-state index contributed by atoms with van der Waals surface area (Å²) in [5, 5.41) is 16.7. The van der Waals surface area contributed by atoms with Crippen LogP contribution in [0.1, 0.15) is 39.0 Å². The standard InChI is InChI=1S/C21H26BrFN8O5/c1-2-3-4-5-11-34-20(32)27-19(24)26-10-6-9-25-17-16(28-36-29-17)18-30-35-21(33)31(18)13-7-8-15(23)14(22)12-13/h7-8,12H,2-6,9-11H2,1H3,(H,25,29)(H3,24,26,27,32). The Morgan fingerprint density at radius 2 is 2.08 bits per heavy atom. The Morgan fingerprint density at radius 3 is 2.86 bits per heavy atom. The lowest BCUT2D eigenvalue weighted by molar-refractivity contribution is 0.149. The molecule has 0 saturated heterocycles. The van der Waals surface area contributed by atoms with Crippen LogP contribution in [0.15, 0.2) is 41.6 Å². The molecule has 0 aliphatic heterocycles. The molecule has 3 rings (SSSR count). The highest BCUT2D eigenvalue weighted by Crippen LogP contribution is 2.26. The molecule has 15 heteroatoms. The van der Waals surface area contributed by atoms with Gasteiger partial charge in [0.05, 0.1) is 16.8 Å². The van der Waals surface area contributed by atoms with Gasteiger partial charge in [-0.25, -0.2) is 23.2 Å². The zero-order chi connectivity index (χ0) is 25.9. The van der Waals surface area contributed by atoms with Crippen LogP contribution in [0.3, 0.4) is 0 Å². The van der Waals surface area contributed by atoms with Crippen molar-refractivity contribution in [2.24, 2.45) is 10.7 Å². The molecule has 0 radical (unpaired) electrons. The topological polar surface area (TPSA) is 176 Å². The molecular formula is C21H26BrFN8O5. The number of alkyl carbamates (subject to hydrolysis) is 1. The number of guanidine groups is 1. The second-order valence-corrected chi connectivity index (χ2v) is 8.39. The Kier molecular flexibility index (Phi) is 9.97. The molecule has 0 aliphatic rings. The van der Waals surface area contributed by atoms with E-state index in [0.717, 1.165) is 30.3 Å². The third-order valence-corrected chi connectivity index (χ3v) is 5.44. The van der Waals surface area contributed by atoms with Gasteiger partial charge in [-0.15, -0.1) is 0 Å². The molecule has 2 aromatic heterocycles. The lowest BCUT2D eigenvalue weighted by atomic mass is 10.2. The number of carbonyl (C=O) groups is 1. The number of ether oxygens (including phenoxy) is 1. The Bertz CT molecular complexity index is 1240. The molecular weight excluding hydrogens is 543 g/mol. The largest absolute Gasteiger partial charge is 0.449 e. The summed E-state index contributed by atoms with van der Waals surface area (Å²) in [4.78, 5) is 28.0. The lowest BCUT2D eigenvalue weighted by Crippen LogP contribution is -2.37. The van der Waals surface area contributed by atoms with Gasteiger partial charge in [0.2, 0.25) is 11.6 Å². The summed E-state index contributed by atoms with van der Waals surface area (Å²) >= 11 is 3.09. The van der Waals surface area contributed by atoms with Crippen molar-refractivity contribution in [3.8, 4) is 17.2 Å². The van der Waals surface area contributed by atoms with E-state index in [4.69, 9.17) is 19.6 Å². The van der Waals surface area contributed by atoms with Crippen LogP contribution in [0.5, 0.6) is 0 Å². The second kappa shape index (κ2) is 13.4. The van der Waals surface area contributed by atoms with Crippen molar-refractivity contribution >= 4 is 33.8 Å². The van der Waals surface area contributed by atoms with E-state index in [-0.39, 0.29) is 27.8 Å².